The van der Waals surface area contributed by atoms with Gasteiger partial charge in [-0.1, -0.05) is 35.5 Å². The number of allylic oxidation sites excluding steroid dienone is 3. The molecule has 2 N–H and O–H groups in total. The summed E-state index contributed by atoms with van der Waals surface area (Å²) >= 11 is 7.17. The van der Waals surface area contributed by atoms with Crippen molar-refractivity contribution in [2.75, 3.05) is 11.1 Å². The molecule has 158 valence electrons. The van der Waals surface area contributed by atoms with Crippen LogP contribution in [0, 0.1) is 17.1 Å². The molecule has 31 heavy (non-hydrogen) atoms. The van der Waals surface area contributed by atoms with Crippen molar-refractivity contribution < 1.29 is 14.0 Å². The molecule has 1 heterocycles. The molecule has 5 nitrogen and oxygen atoms in total. The number of hydrogen-bond acceptors (Lipinski definition) is 5. The number of nitrogens with one attached hydrogen (secondary N) is 2. The van der Waals surface area contributed by atoms with E-state index in [1.54, 1.807) is 31.2 Å². The molecule has 0 fully saturated rings. The van der Waals surface area contributed by atoms with Gasteiger partial charge in [0.05, 0.1) is 28.3 Å². The van der Waals surface area contributed by atoms with Crippen LogP contribution in [0.25, 0.3) is 0 Å². The van der Waals surface area contributed by atoms with E-state index in [0.29, 0.717) is 32.6 Å². The number of ketones is 1. The van der Waals surface area contributed by atoms with Gasteiger partial charge in [-0.05, 0) is 55.8 Å². The number of hydrogen-bond donors (Lipinski definition) is 2. The number of carbonyl (C=O) groups is 2. The maximum Gasteiger partial charge on any atom is 0.234 e. The smallest absolute Gasteiger partial charge is 0.234 e. The molecule has 2 aromatic carbocycles. The minimum atomic E-state index is -0.552. The predicted octanol–water partition coefficient (Wildman–Crippen LogP) is 5.14. The second-order valence-electron chi connectivity index (χ2n) is 6.90. The fourth-order valence-corrected chi connectivity index (χ4v) is 4.37. The summed E-state index contributed by atoms with van der Waals surface area (Å²) in [5.41, 5.74) is 2.73. The Balaban J connectivity index is 1.86. The van der Waals surface area contributed by atoms with Crippen LogP contribution in [0.3, 0.4) is 0 Å². The van der Waals surface area contributed by atoms with Crippen molar-refractivity contribution in [2.24, 2.45) is 0 Å². The lowest BCUT2D eigenvalue weighted by atomic mass is 9.81. The second kappa shape index (κ2) is 9.82. The van der Waals surface area contributed by atoms with E-state index in [0.717, 1.165) is 5.56 Å². The number of thioether (sulfide) groups is 1. The van der Waals surface area contributed by atoms with E-state index in [4.69, 9.17) is 11.6 Å². The van der Waals surface area contributed by atoms with Crippen LogP contribution in [-0.4, -0.2) is 17.4 Å². The second-order valence-corrected chi connectivity index (χ2v) is 8.32. The quantitative estimate of drug-likeness (QED) is 0.630. The fourth-order valence-electron chi connectivity index (χ4n) is 3.35. The summed E-state index contributed by atoms with van der Waals surface area (Å²) in [7, 11) is 0. The molecule has 0 saturated heterocycles. The highest BCUT2D eigenvalue weighted by molar-refractivity contribution is 8.03. The monoisotopic (exact) mass is 455 g/mol. The van der Waals surface area contributed by atoms with E-state index in [1.807, 2.05) is 0 Å². The zero-order chi connectivity index (χ0) is 22.5. The first kappa shape index (κ1) is 22.6. The number of Topliss-reactive ketones (excluding diaryl/α,β-unsaturated/α-hetero) is 1. The predicted molar refractivity (Wildman–Crippen MR) is 121 cm³/mol. The first-order valence-electron chi connectivity index (χ1n) is 9.36. The average Bonchev–Trinajstić information content (AvgIpc) is 2.73. The molecule has 1 unspecified atom stereocenters. The summed E-state index contributed by atoms with van der Waals surface area (Å²) in [4.78, 5) is 24.7. The highest BCUT2D eigenvalue weighted by Gasteiger charge is 2.33. The lowest BCUT2D eigenvalue weighted by Gasteiger charge is -2.29. The van der Waals surface area contributed by atoms with E-state index in [1.165, 1.54) is 43.0 Å². The standard InChI is InChI=1S/C23H19ClFN3O2S/c1-13-21(14(2)29)22(15-3-5-16(24)6-4-15)19(11-26)23(27-13)31-12-20(30)28-18-9-7-17(25)8-10-18/h3-10,22,27H,12H2,1-2H3,(H,28,30). The number of nitriles is 1. The molecule has 0 radical (unpaired) electrons. The maximum atomic E-state index is 13.0. The highest BCUT2D eigenvalue weighted by Crippen LogP contribution is 2.41. The molecule has 3 rings (SSSR count). The number of dihydropyridines is 1. The van der Waals surface area contributed by atoms with Crippen molar-refractivity contribution in [3.8, 4) is 6.07 Å². The third-order valence-corrected chi connectivity index (χ3v) is 5.97. The van der Waals surface area contributed by atoms with Gasteiger partial charge in [0, 0.05) is 22.0 Å². The van der Waals surface area contributed by atoms with E-state index in [9.17, 15) is 19.2 Å². The summed E-state index contributed by atoms with van der Waals surface area (Å²) in [5.74, 6) is -1.36. The van der Waals surface area contributed by atoms with Crippen LogP contribution in [0.1, 0.15) is 25.3 Å². The van der Waals surface area contributed by atoms with Gasteiger partial charge in [0.15, 0.2) is 5.78 Å². The summed E-state index contributed by atoms with van der Waals surface area (Å²) in [5, 5.41) is 16.8. The molecule has 1 aliphatic heterocycles. The van der Waals surface area contributed by atoms with Gasteiger partial charge in [0.1, 0.15) is 5.82 Å². The normalized spacial score (nSPS) is 15.9. The molecule has 1 atom stereocenters. The van der Waals surface area contributed by atoms with Gasteiger partial charge >= 0.3 is 0 Å². The van der Waals surface area contributed by atoms with Crippen LogP contribution >= 0.6 is 23.4 Å². The molecule has 1 amide bonds. The molecule has 8 heteroatoms. The Morgan fingerprint density at radius 1 is 1.19 bits per heavy atom. The Kier molecular flexibility index (Phi) is 7.16. The van der Waals surface area contributed by atoms with Crippen molar-refractivity contribution in [1.82, 2.24) is 5.32 Å². The van der Waals surface area contributed by atoms with Gasteiger partial charge in [0.25, 0.3) is 0 Å². The van der Waals surface area contributed by atoms with Gasteiger partial charge in [-0.15, -0.1) is 0 Å². The van der Waals surface area contributed by atoms with Crippen LogP contribution in [0.2, 0.25) is 5.02 Å². The number of amides is 1. The number of nitrogens with zero attached hydrogens (tertiary/aromatic N) is 1. The largest absolute Gasteiger partial charge is 0.353 e. The molecule has 0 saturated carbocycles. The highest BCUT2D eigenvalue weighted by atomic mass is 35.5. The third-order valence-electron chi connectivity index (χ3n) is 4.71. The summed E-state index contributed by atoms with van der Waals surface area (Å²) < 4.78 is 13.0. The van der Waals surface area contributed by atoms with Crippen molar-refractivity contribution >= 4 is 40.7 Å². The molecule has 0 aliphatic carbocycles. The zero-order valence-electron chi connectivity index (χ0n) is 16.8. The van der Waals surface area contributed by atoms with Crippen LogP contribution in [0.15, 0.2) is 70.4 Å². The lowest BCUT2D eigenvalue weighted by molar-refractivity contribution is -0.114. The number of halogens is 2. The van der Waals surface area contributed by atoms with Crippen LogP contribution in [0.5, 0.6) is 0 Å². The van der Waals surface area contributed by atoms with Gasteiger partial charge in [0.2, 0.25) is 5.91 Å². The first-order chi connectivity index (χ1) is 14.8. The molecule has 0 aromatic heterocycles. The lowest BCUT2D eigenvalue weighted by Crippen LogP contribution is -2.27. The van der Waals surface area contributed by atoms with Gasteiger partial charge in [-0.25, -0.2) is 4.39 Å². The molecule has 0 bridgehead atoms. The van der Waals surface area contributed by atoms with Crippen molar-refractivity contribution in [2.45, 2.75) is 19.8 Å². The van der Waals surface area contributed by atoms with Crippen LogP contribution < -0.4 is 10.6 Å². The van der Waals surface area contributed by atoms with Crippen molar-refractivity contribution in [3.05, 3.63) is 86.8 Å². The van der Waals surface area contributed by atoms with E-state index >= 15 is 0 Å². The fraction of sp³-hybridized carbons (Fsp3) is 0.174. The molecular formula is C23H19ClFN3O2S. The third kappa shape index (κ3) is 5.35. The Bertz CT molecular complexity index is 1120. The summed E-state index contributed by atoms with van der Waals surface area (Å²) in [6, 6.07) is 14.7. The summed E-state index contributed by atoms with van der Waals surface area (Å²) in [6.45, 7) is 3.24. The number of anilines is 1. The molecule has 2 aromatic rings. The van der Waals surface area contributed by atoms with E-state index in [-0.39, 0.29) is 23.3 Å². The van der Waals surface area contributed by atoms with E-state index < -0.39 is 5.92 Å². The molecule has 0 spiro atoms. The minimum Gasteiger partial charge on any atom is -0.353 e. The Morgan fingerprint density at radius 3 is 2.42 bits per heavy atom. The minimum absolute atomic E-state index is 0.0287. The van der Waals surface area contributed by atoms with Crippen molar-refractivity contribution in [3.63, 3.8) is 0 Å². The zero-order valence-corrected chi connectivity index (χ0v) is 18.4. The first-order valence-corrected chi connectivity index (χ1v) is 10.7. The van der Waals surface area contributed by atoms with Gasteiger partial charge < -0.3 is 10.6 Å². The number of rotatable bonds is 6. The number of benzene rings is 2. The van der Waals surface area contributed by atoms with Crippen molar-refractivity contribution in [1.29, 1.82) is 5.26 Å². The number of carbonyl (C=O) groups excluding carboxylic acids is 2. The summed E-state index contributed by atoms with van der Waals surface area (Å²) in [6.07, 6.45) is 0. The topological polar surface area (TPSA) is 82.0 Å². The average molecular weight is 456 g/mol. The SMILES string of the molecule is CC(=O)C1=C(C)NC(SCC(=O)Nc2ccc(F)cc2)=C(C#N)C1c1ccc(Cl)cc1. The Labute approximate surface area is 189 Å². The van der Waals surface area contributed by atoms with Gasteiger partial charge in [-0.3, -0.25) is 9.59 Å². The Morgan fingerprint density at radius 2 is 1.84 bits per heavy atom. The van der Waals surface area contributed by atoms with Gasteiger partial charge in [-0.2, -0.15) is 5.26 Å². The Hall–Kier alpha value is -3.08. The molecule has 1 aliphatic rings. The van der Waals surface area contributed by atoms with E-state index in [2.05, 4.69) is 16.7 Å². The maximum absolute atomic E-state index is 13.0. The molecular weight excluding hydrogens is 437 g/mol. The van der Waals surface area contributed by atoms with Crippen LogP contribution in [0.4, 0.5) is 10.1 Å². The van der Waals surface area contributed by atoms with Crippen LogP contribution in [-0.2, 0) is 9.59 Å².